The Bertz CT molecular complexity index is 1120. The van der Waals surface area contributed by atoms with Crippen LogP contribution in [0.4, 0.5) is 5.69 Å². The van der Waals surface area contributed by atoms with Crippen LogP contribution >= 0.6 is 23.8 Å². The minimum atomic E-state index is 0.611. The van der Waals surface area contributed by atoms with Crippen molar-refractivity contribution < 1.29 is 0 Å². The highest BCUT2D eigenvalue weighted by atomic mass is 35.5. The van der Waals surface area contributed by atoms with Gasteiger partial charge in [-0.25, -0.2) is 4.68 Å². The monoisotopic (exact) mass is 365 g/mol. The van der Waals surface area contributed by atoms with E-state index < -0.39 is 0 Å². The molecule has 0 spiro atoms. The fourth-order valence-electron chi connectivity index (χ4n) is 3.08. The second-order valence-electron chi connectivity index (χ2n) is 5.89. The summed E-state index contributed by atoms with van der Waals surface area (Å²) in [6.45, 7) is 2.01. The maximum Gasteiger partial charge on any atom is 0.197 e. The second kappa shape index (κ2) is 6.39. The summed E-state index contributed by atoms with van der Waals surface area (Å²) in [7, 11) is 0. The number of aryl methyl sites for hydroxylation is 1. The van der Waals surface area contributed by atoms with Crippen molar-refractivity contribution in [3.8, 4) is 11.3 Å². The first-order chi connectivity index (χ1) is 12.1. The molecule has 4 rings (SSSR count). The molecule has 1 aromatic heterocycles. The minimum absolute atomic E-state index is 0.611. The third kappa shape index (κ3) is 2.95. The molecule has 25 heavy (non-hydrogen) atoms. The highest BCUT2D eigenvalue weighted by Crippen LogP contribution is 2.28. The fraction of sp³-hybridized carbons (Fsp3) is 0.0500. The molecule has 0 aliphatic carbocycles. The van der Waals surface area contributed by atoms with Crippen LogP contribution < -0.4 is 5.43 Å². The smallest absolute Gasteiger partial charge is 0.197 e. The van der Waals surface area contributed by atoms with Crippen LogP contribution in [0.15, 0.2) is 66.7 Å². The van der Waals surface area contributed by atoms with E-state index >= 15 is 0 Å². The van der Waals surface area contributed by atoms with E-state index in [2.05, 4.69) is 28.6 Å². The van der Waals surface area contributed by atoms with E-state index in [1.807, 2.05) is 60.1 Å². The Morgan fingerprint density at radius 1 is 1.00 bits per heavy atom. The second-order valence-corrected chi connectivity index (χ2v) is 6.71. The molecule has 0 saturated heterocycles. The van der Waals surface area contributed by atoms with Gasteiger partial charge in [-0.15, -0.1) is 0 Å². The number of H-pyrrole nitrogens is 1. The maximum atomic E-state index is 6.18. The Balaban J connectivity index is 1.88. The van der Waals surface area contributed by atoms with Crippen molar-refractivity contribution in [2.24, 2.45) is 0 Å². The Morgan fingerprint density at radius 2 is 1.76 bits per heavy atom. The number of hydrogen-bond donors (Lipinski definition) is 2. The molecule has 124 valence electrons. The lowest BCUT2D eigenvalue weighted by atomic mass is 10.1. The zero-order chi connectivity index (χ0) is 17.4. The summed E-state index contributed by atoms with van der Waals surface area (Å²) < 4.78 is 2.51. The molecule has 3 nitrogen and oxygen atoms in total. The summed E-state index contributed by atoms with van der Waals surface area (Å²) in [4.78, 5) is 3.23. The van der Waals surface area contributed by atoms with Gasteiger partial charge in [-0.2, -0.15) is 0 Å². The van der Waals surface area contributed by atoms with Gasteiger partial charge in [0.25, 0.3) is 0 Å². The SMILES string of the molecule is Cc1[nH]c(=S)n(Nc2cccc3ccccc23)c1-c1cccc(Cl)c1. The Kier molecular flexibility index (Phi) is 4.07. The van der Waals surface area contributed by atoms with E-state index in [4.69, 9.17) is 23.8 Å². The standard InChI is InChI=1S/C20H16ClN3S/c1-13-19(15-8-4-9-16(21)12-15)24(20(25)22-13)23-18-11-5-7-14-6-2-3-10-17(14)18/h2-12,23H,1H3,(H,22,25). The highest BCUT2D eigenvalue weighted by molar-refractivity contribution is 7.71. The predicted octanol–water partition coefficient (Wildman–Crippen LogP) is 6.20. The van der Waals surface area contributed by atoms with Gasteiger partial charge < -0.3 is 4.98 Å². The number of rotatable bonds is 3. The summed E-state index contributed by atoms with van der Waals surface area (Å²) in [6, 6.07) is 22.2. The average Bonchev–Trinajstić information content (AvgIpc) is 2.89. The Labute approximate surface area is 155 Å². The number of fused-ring (bicyclic) bond motifs is 1. The number of anilines is 1. The van der Waals surface area contributed by atoms with Gasteiger partial charge in [0.1, 0.15) is 0 Å². The van der Waals surface area contributed by atoms with Gasteiger partial charge in [0.05, 0.1) is 11.4 Å². The molecule has 0 amide bonds. The third-order valence-electron chi connectivity index (χ3n) is 4.20. The number of benzene rings is 3. The summed E-state index contributed by atoms with van der Waals surface area (Å²) in [5.74, 6) is 0. The van der Waals surface area contributed by atoms with Crippen molar-refractivity contribution in [1.82, 2.24) is 9.66 Å². The third-order valence-corrected chi connectivity index (χ3v) is 4.72. The maximum absolute atomic E-state index is 6.18. The molecule has 5 heteroatoms. The molecule has 4 aromatic rings. The summed E-state index contributed by atoms with van der Waals surface area (Å²) >= 11 is 11.7. The molecule has 0 radical (unpaired) electrons. The van der Waals surface area contributed by atoms with Crippen molar-refractivity contribution in [2.45, 2.75) is 6.92 Å². The molecule has 0 aliphatic rings. The van der Waals surface area contributed by atoms with Crippen molar-refractivity contribution in [1.29, 1.82) is 0 Å². The number of nitrogens with one attached hydrogen (secondary N) is 2. The molecular weight excluding hydrogens is 350 g/mol. The van der Waals surface area contributed by atoms with Crippen LogP contribution in [0.25, 0.3) is 22.0 Å². The summed E-state index contributed by atoms with van der Waals surface area (Å²) in [6.07, 6.45) is 0. The zero-order valence-corrected chi connectivity index (χ0v) is 15.2. The minimum Gasteiger partial charge on any atom is -0.333 e. The van der Waals surface area contributed by atoms with Crippen LogP contribution in [0.2, 0.25) is 5.02 Å². The van der Waals surface area contributed by atoms with E-state index in [0.29, 0.717) is 9.79 Å². The molecule has 1 heterocycles. The number of halogens is 1. The number of imidazole rings is 1. The summed E-state index contributed by atoms with van der Waals surface area (Å²) in [5.41, 5.74) is 7.42. The van der Waals surface area contributed by atoms with Gasteiger partial charge in [0, 0.05) is 21.7 Å². The molecule has 0 unspecified atom stereocenters. The van der Waals surface area contributed by atoms with Crippen LogP contribution in [-0.4, -0.2) is 9.66 Å². The van der Waals surface area contributed by atoms with Gasteiger partial charge in [0.15, 0.2) is 4.77 Å². The Morgan fingerprint density at radius 3 is 2.60 bits per heavy atom. The van der Waals surface area contributed by atoms with Crippen LogP contribution in [0.1, 0.15) is 5.69 Å². The van der Waals surface area contributed by atoms with E-state index in [9.17, 15) is 0 Å². The molecule has 0 aliphatic heterocycles. The van der Waals surface area contributed by atoms with Crippen molar-refractivity contribution in [2.75, 3.05) is 5.43 Å². The van der Waals surface area contributed by atoms with Crippen LogP contribution in [0.3, 0.4) is 0 Å². The van der Waals surface area contributed by atoms with Crippen molar-refractivity contribution in [3.05, 3.63) is 82.2 Å². The molecule has 3 aromatic carbocycles. The average molecular weight is 366 g/mol. The molecule has 2 N–H and O–H groups in total. The first-order valence-electron chi connectivity index (χ1n) is 7.96. The van der Waals surface area contributed by atoms with Gasteiger partial charge in [-0.1, -0.05) is 60.1 Å². The first kappa shape index (κ1) is 15.9. The number of aromatic nitrogens is 2. The molecule has 0 saturated carbocycles. The van der Waals surface area contributed by atoms with Gasteiger partial charge >= 0.3 is 0 Å². The van der Waals surface area contributed by atoms with Crippen LogP contribution in [-0.2, 0) is 0 Å². The highest BCUT2D eigenvalue weighted by Gasteiger charge is 2.13. The van der Waals surface area contributed by atoms with Gasteiger partial charge in [0.2, 0.25) is 0 Å². The van der Waals surface area contributed by atoms with Crippen molar-refractivity contribution >= 4 is 40.3 Å². The van der Waals surface area contributed by atoms with E-state index in [1.54, 1.807) is 0 Å². The largest absolute Gasteiger partial charge is 0.333 e. The first-order valence-corrected chi connectivity index (χ1v) is 8.74. The van der Waals surface area contributed by atoms with E-state index in [0.717, 1.165) is 28.0 Å². The van der Waals surface area contributed by atoms with E-state index in [-0.39, 0.29) is 0 Å². The summed E-state index contributed by atoms with van der Waals surface area (Å²) in [5, 5.41) is 3.01. The number of nitrogens with zero attached hydrogens (tertiary/aromatic N) is 1. The zero-order valence-electron chi connectivity index (χ0n) is 13.6. The van der Waals surface area contributed by atoms with Crippen LogP contribution in [0.5, 0.6) is 0 Å². The van der Waals surface area contributed by atoms with Crippen LogP contribution in [0, 0.1) is 11.7 Å². The predicted molar refractivity (Wildman–Crippen MR) is 108 cm³/mol. The lowest BCUT2D eigenvalue weighted by molar-refractivity contribution is 0.945. The molecule has 0 atom stereocenters. The van der Waals surface area contributed by atoms with Gasteiger partial charge in [-0.05, 0) is 42.7 Å². The lowest BCUT2D eigenvalue weighted by Crippen LogP contribution is -2.11. The molecule has 0 fully saturated rings. The Hall–Kier alpha value is -2.56. The molecule has 0 bridgehead atoms. The number of hydrogen-bond acceptors (Lipinski definition) is 2. The fourth-order valence-corrected chi connectivity index (χ4v) is 3.56. The number of aromatic amines is 1. The van der Waals surface area contributed by atoms with Gasteiger partial charge in [-0.3, -0.25) is 5.43 Å². The topological polar surface area (TPSA) is 32.8 Å². The normalized spacial score (nSPS) is 11.0. The lowest BCUT2D eigenvalue weighted by Gasteiger charge is -2.14. The van der Waals surface area contributed by atoms with E-state index in [1.165, 1.54) is 5.39 Å². The quantitative estimate of drug-likeness (QED) is 0.423. The molecular formula is C20H16ClN3S. The van der Waals surface area contributed by atoms with Crippen molar-refractivity contribution in [3.63, 3.8) is 0 Å².